The number of carbonyl (C=O) groups is 1. The van der Waals surface area contributed by atoms with E-state index in [2.05, 4.69) is 5.32 Å². The van der Waals surface area contributed by atoms with Crippen molar-refractivity contribution in [1.82, 2.24) is 10.3 Å². The Labute approximate surface area is 197 Å². The quantitative estimate of drug-likeness (QED) is 0.517. The Morgan fingerprint density at radius 3 is 2.56 bits per heavy atom. The van der Waals surface area contributed by atoms with Gasteiger partial charge in [0.1, 0.15) is 5.60 Å². The minimum absolute atomic E-state index is 0.120. The highest BCUT2D eigenvalue weighted by Gasteiger charge is 2.39. The molecule has 0 aliphatic carbocycles. The van der Waals surface area contributed by atoms with E-state index in [1.165, 1.54) is 0 Å². The van der Waals surface area contributed by atoms with Crippen molar-refractivity contribution < 1.29 is 14.6 Å². The first-order chi connectivity index (χ1) is 15.3. The number of ether oxygens (including phenoxy) is 1. The van der Waals surface area contributed by atoms with Crippen molar-refractivity contribution >= 4 is 29.1 Å². The van der Waals surface area contributed by atoms with E-state index in [1.54, 1.807) is 0 Å². The second-order valence-corrected chi connectivity index (χ2v) is 9.24. The Bertz CT molecular complexity index is 1150. The Kier molecular flexibility index (Phi) is 6.42. The third-order valence-electron chi connectivity index (χ3n) is 5.47. The molecule has 2 aromatic carbocycles. The number of hydrogen-bond acceptors (Lipinski definition) is 4. The second-order valence-electron chi connectivity index (χ2n) is 8.40. The molecule has 1 aliphatic rings. The standard InChI is InChI=1S/C25H24Cl2N2O3/c1-25(2)14-20(23(31)28-11-12-30)19-13-18(15-7-9-16(26)10-8-15)22(29-24(19)32-25)17-5-3-4-6-21(17)27/h3-10,13,20,30H,11-12,14H2,1-2H3,(H,28,31). The molecule has 7 heteroatoms. The maximum Gasteiger partial charge on any atom is 0.227 e. The number of aliphatic hydroxyl groups excluding tert-OH is 1. The number of aliphatic hydroxyl groups is 1. The SMILES string of the molecule is CC1(C)CC(C(=O)NCCO)c2cc(-c3ccc(Cl)cc3)c(-c3ccccc3Cl)nc2O1. The molecule has 0 bridgehead atoms. The summed E-state index contributed by atoms with van der Waals surface area (Å²) in [4.78, 5) is 17.8. The monoisotopic (exact) mass is 470 g/mol. The van der Waals surface area contributed by atoms with Crippen LogP contribution in [0, 0.1) is 0 Å². The van der Waals surface area contributed by atoms with Crippen LogP contribution in [0.4, 0.5) is 0 Å². The number of amides is 1. The minimum Gasteiger partial charge on any atom is -0.471 e. The number of fused-ring (bicyclic) bond motifs is 1. The lowest BCUT2D eigenvalue weighted by molar-refractivity contribution is -0.124. The largest absolute Gasteiger partial charge is 0.471 e. The highest BCUT2D eigenvalue weighted by Crippen LogP contribution is 2.45. The number of carbonyl (C=O) groups excluding carboxylic acids is 1. The van der Waals surface area contributed by atoms with Crippen LogP contribution in [0.2, 0.25) is 10.0 Å². The van der Waals surface area contributed by atoms with Gasteiger partial charge in [0.2, 0.25) is 11.8 Å². The molecule has 2 heterocycles. The first-order valence-electron chi connectivity index (χ1n) is 10.4. The summed E-state index contributed by atoms with van der Waals surface area (Å²) in [7, 11) is 0. The molecule has 4 rings (SSSR count). The van der Waals surface area contributed by atoms with E-state index < -0.39 is 11.5 Å². The lowest BCUT2D eigenvalue weighted by atomic mass is 9.83. The maximum atomic E-state index is 13.0. The summed E-state index contributed by atoms with van der Waals surface area (Å²) in [6, 6.07) is 16.9. The summed E-state index contributed by atoms with van der Waals surface area (Å²) >= 11 is 12.6. The van der Waals surface area contributed by atoms with Gasteiger partial charge in [-0.2, -0.15) is 0 Å². The second kappa shape index (κ2) is 9.10. The van der Waals surface area contributed by atoms with E-state index in [9.17, 15) is 4.79 Å². The first-order valence-corrected chi connectivity index (χ1v) is 11.2. The summed E-state index contributed by atoms with van der Waals surface area (Å²) < 4.78 is 6.21. The topological polar surface area (TPSA) is 71.5 Å². The normalized spacial score (nSPS) is 16.7. The molecular formula is C25H24Cl2N2O3. The van der Waals surface area contributed by atoms with Crippen molar-refractivity contribution in [3.05, 3.63) is 70.2 Å². The molecule has 0 saturated carbocycles. The maximum absolute atomic E-state index is 13.0. The van der Waals surface area contributed by atoms with Crippen LogP contribution in [0.3, 0.4) is 0 Å². The number of aromatic nitrogens is 1. The average Bonchev–Trinajstić information content (AvgIpc) is 2.76. The molecule has 3 aromatic rings. The lowest BCUT2D eigenvalue weighted by Gasteiger charge is -2.36. The van der Waals surface area contributed by atoms with E-state index in [4.69, 9.17) is 38.0 Å². The van der Waals surface area contributed by atoms with Crippen LogP contribution in [0.1, 0.15) is 31.7 Å². The number of nitrogens with one attached hydrogen (secondary N) is 1. The van der Waals surface area contributed by atoms with Crippen LogP contribution in [0.5, 0.6) is 5.88 Å². The van der Waals surface area contributed by atoms with Crippen molar-refractivity contribution in [1.29, 1.82) is 0 Å². The number of hydrogen-bond donors (Lipinski definition) is 2. The van der Waals surface area contributed by atoms with E-state index >= 15 is 0 Å². The Hall–Kier alpha value is -2.60. The number of benzene rings is 2. The van der Waals surface area contributed by atoms with Crippen LogP contribution in [-0.2, 0) is 4.79 Å². The summed E-state index contributed by atoms with van der Waals surface area (Å²) in [5, 5.41) is 13.1. The smallest absolute Gasteiger partial charge is 0.227 e. The van der Waals surface area contributed by atoms with Gasteiger partial charge in [-0.05, 0) is 43.7 Å². The molecule has 0 spiro atoms. The fourth-order valence-electron chi connectivity index (χ4n) is 3.99. The third-order valence-corrected chi connectivity index (χ3v) is 6.05. The summed E-state index contributed by atoms with van der Waals surface area (Å²) in [5.41, 5.74) is 3.30. The van der Waals surface area contributed by atoms with Crippen LogP contribution in [0.25, 0.3) is 22.4 Å². The number of rotatable bonds is 5. The molecule has 1 atom stereocenters. The molecule has 1 aliphatic heterocycles. The van der Waals surface area contributed by atoms with Crippen molar-refractivity contribution in [3.8, 4) is 28.3 Å². The molecule has 0 saturated heterocycles. The molecular weight excluding hydrogens is 447 g/mol. The van der Waals surface area contributed by atoms with Gasteiger partial charge in [-0.25, -0.2) is 4.98 Å². The molecule has 0 radical (unpaired) electrons. The summed E-state index contributed by atoms with van der Waals surface area (Å²) in [6.07, 6.45) is 0.491. The van der Waals surface area contributed by atoms with Gasteiger partial charge in [0.25, 0.3) is 0 Å². The van der Waals surface area contributed by atoms with Gasteiger partial charge in [0.15, 0.2) is 0 Å². The first kappa shape index (κ1) is 22.6. The van der Waals surface area contributed by atoms with Gasteiger partial charge in [0.05, 0.1) is 18.2 Å². The van der Waals surface area contributed by atoms with Gasteiger partial charge < -0.3 is 15.2 Å². The van der Waals surface area contributed by atoms with E-state index in [-0.39, 0.29) is 19.1 Å². The summed E-state index contributed by atoms with van der Waals surface area (Å²) in [6.45, 7) is 3.95. The molecule has 1 amide bonds. The van der Waals surface area contributed by atoms with Gasteiger partial charge in [0, 0.05) is 39.7 Å². The number of pyridine rings is 1. The fourth-order valence-corrected chi connectivity index (χ4v) is 4.34. The molecule has 32 heavy (non-hydrogen) atoms. The molecule has 2 N–H and O–H groups in total. The molecule has 0 fully saturated rings. The third kappa shape index (κ3) is 4.60. The van der Waals surface area contributed by atoms with Gasteiger partial charge in [-0.15, -0.1) is 0 Å². The zero-order valence-corrected chi connectivity index (χ0v) is 19.4. The van der Waals surface area contributed by atoms with Crippen LogP contribution >= 0.6 is 23.2 Å². The van der Waals surface area contributed by atoms with E-state index in [0.717, 1.165) is 16.7 Å². The van der Waals surface area contributed by atoms with E-state index in [0.29, 0.717) is 33.6 Å². The van der Waals surface area contributed by atoms with Crippen molar-refractivity contribution in [2.75, 3.05) is 13.2 Å². The molecule has 166 valence electrons. The van der Waals surface area contributed by atoms with Crippen molar-refractivity contribution in [3.63, 3.8) is 0 Å². The highest BCUT2D eigenvalue weighted by molar-refractivity contribution is 6.33. The number of halogens is 2. The zero-order valence-electron chi connectivity index (χ0n) is 17.9. The van der Waals surface area contributed by atoms with Crippen molar-refractivity contribution in [2.24, 2.45) is 0 Å². The average molecular weight is 471 g/mol. The summed E-state index contributed by atoms with van der Waals surface area (Å²) in [5.74, 6) is -0.205. The lowest BCUT2D eigenvalue weighted by Crippen LogP contribution is -2.41. The van der Waals surface area contributed by atoms with Gasteiger partial charge in [-0.1, -0.05) is 53.5 Å². The fraction of sp³-hybridized carbons (Fsp3) is 0.280. The highest BCUT2D eigenvalue weighted by atomic mass is 35.5. The molecule has 1 aromatic heterocycles. The minimum atomic E-state index is -0.583. The van der Waals surface area contributed by atoms with Gasteiger partial charge in [-0.3, -0.25) is 4.79 Å². The number of nitrogens with zero attached hydrogens (tertiary/aromatic N) is 1. The molecule has 1 unspecified atom stereocenters. The van der Waals surface area contributed by atoms with Crippen LogP contribution in [0.15, 0.2) is 54.6 Å². The Morgan fingerprint density at radius 1 is 1.16 bits per heavy atom. The van der Waals surface area contributed by atoms with Crippen molar-refractivity contribution in [2.45, 2.75) is 31.8 Å². The Morgan fingerprint density at radius 2 is 1.88 bits per heavy atom. The predicted molar refractivity (Wildman–Crippen MR) is 127 cm³/mol. The zero-order chi connectivity index (χ0) is 22.9. The van der Waals surface area contributed by atoms with Crippen LogP contribution < -0.4 is 10.1 Å². The molecule has 5 nitrogen and oxygen atoms in total. The predicted octanol–water partition coefficient (Wildman–Crippen LogP) is 5.48. The van der Waals surface area contributed by atoms with E-state index in [1.807, 2.05) is 68.4 Å². The Balaban J connectivity index is 1.93. The van der Waals surface area contributed by atoms with Crippen LogP contribution in [-0.4, -0.2) is 34.8 Å². The van der Waals surface area contributed by atoms with Gasteiger partial charge >= 0.3 is 0 Å².